The van der Waals surface area contributed by atoms with Crippen LogP contribution in [0.15, 0.2) is 48.5 Å². The lowest BCUT2D eigenvalue weighted by atomic mass is 9.98. The van der Waals surface area contributed by atoms with E-state index in [4.69, 9.17) is 9.47 Å². The fourth-order valence-electron chi connectivity index (χ4n) is 2.73. The van der Waals surface area contributed by atoms with Crippen molar-refractivity contribution in [2.24, 2.45) is 0 Å². The van der Waals surface area contributed by atoms with Gasteiger partial charge in [0.05, 0.1) is 7.11 Å². The van der Waals surface area contributed by atoms with E-state index < -0.39 is 0 Å². The Balaban J connectivity index is 2.25. The minimum absolute atomic E-state index is 0.0237. The molecule has 0 aromatic heterocycles. The lowest BCUT2D eigenvalue weighted by molar-refractivity contribution is -0.562. The van der Waals surface area contributed by atoms with Crippen molar-refractivity contribution >= 4 is 5.90 Å². The predicted molar refractivity (Wildman–Crippen MR) is 88.8 cm³/mol. The summed E-state index contributed by atoms with van der Waals surface area (Å²) >= 11 is 0. The zero-order valence-electron chi connectivity index (χ0n) is 13.6. The summed E-state index contributed by atoms with van der Waals surface area (Å²) in [6.07, 6.45) is 0. The first-order valence-electron chi connectivity index (χ1n) is 7.51. The van der Waals surface area contributed by atoms with Gasteiger partial charge in [0.2, 0.25) is 0 Å². The molecule has 3 heteroatoms. The first-order chi connectivity index (χ1) is 10.5. The van der Waals surface area contributed by atoms with Gasteiger partial charge in [0.15, 0.2) is 12.1 Å². The van der Waals surface area contributed by atoms with Crippen LogP contribution in [0.2, 0.25) is 0 Å². The molecule has 0 atom stereocenters. The molecule has 3 rings (SSSR count). The highest BCUT2D eigenvalue weighted by Gasteiger charge is 2.42. The zero-order valence-corrected chi connectivity index (χ0v) is 13.6. The number of nitrogens with zero attached hydrogens (tertiary/aromatic N) is 1. The van der Waals surface area contributed by atoms with Crippen molar-refractivity contribution in [1.29, 1.82) is 0 Å². The SMILES string of the molecule is COc1cccc(-c2ccccc2)c1C1=[N+](C)C(C)(C)CO1. The van der Waals surface area contributed by atoms with E-state index in [-0.39, 0.29) is 5.54 Å². The predicted octanol–water partition coefficient (Wildman–Crippen LogP) is 3.56. The highest BCUT2D eigenvalue weighted by atomic mass is 16.5. The maximum absolute atomic E-state index is 6.03. The summed E-state index contributed by atoms with van der Waals surface area (Å²) in [6.45, 7) is 5.03. The maximum atomic E-state index is 6.03. The molecular formula is C19H22NO2+. The summed E-state index contributed by atoms with van der Waals surface area (Å²) in [5, 5.41) is 0. The fraction of sp³-hybridized carbons (Fsp3) is 0.316. The van der Waals surface area contributed by atoms with Gasteiger partial charge in [-0.05, 0) is 11.6 Å². The lowest BCUT2D eigenvalue weighted by Crippen LogP contribution is -2.33. The molecule has 0 aliphatic carbocycles. The van der Waals surface area contributed by atoms with E-state index in [1.807, 2.05) is 30.3 Å². The zero-order chi connectivity index (χ0) is 15.7. The summed E-state index contributed by atoms with van der Waals surface area (Å²) < 4.78 is 13.8. The molecule has 0 bridgehead atoms. The van der Waals surface area contributed by atoms with Crippen molar-refractivity contribution in [3.63, 3.8) is 0 Å². The second-order valence-corrected chi connectivity index (χ2v) is 6.21. The average Bonchev–Trinajstić information content (AvgIpc) is 2.81. The van der Waals surface area contributed by atoms with Crippen molar-refractivity contribution in [2.75, 3.05) is 20.8 Å². The molecule has 1 aliphatic rings. The second-order valence-electron chi connectivity index (χ2n) is 6.21. The third kappa shape index (κ3) is 2.37. The van der Waals surface area contributed by atoms with Crippen molar-refractivity contribution in [3.05, 3.63) is 54.1 Å². The molecule has 1 heterocycles. The van der Waals surface area contributed by atoms with E-state index in [9.17, 15) is 0 Å². The molecule has 22 heavy (non-hydrogen) atoms. The summed E-state index contributed by atoms with van der Waals surface area (Å²) in [5.74, 6) is 1.71. The summed E-state index contributed by atoms with van der Waals surface area (Å²) in [6, 6.07) is 16.5. The number of hydrogen-bond acceptors (Lipinski definition) is 2. The van der Waals surface area contributed by atoms with Gasteiger partial charge >= 0.3 is 5.90 Å². The summed E-state index contributed by atoms with van der Waals surface area (Å²) in [7, 11) is 3.78. The summed E-state index contributed by atoms with van der Waals surface area (Å²) in [5.41, 5.74) is 3.28. The maximum Gasteiger partial charge on any atom is 0.374 e. The van der Waals surface area contributed by atoms with Crippen LogP contribution in [0.25, 0.3) is 11.1 Å². The van der Waals surface area contributed by atoms with Crippen molar-refractivity contribution in [2.45, 2.75) is 19.4 Å². The Labute approximate surface area is 131 Å². The van der Waals surface area contributed by atoms with Gasteiger partial charge in [-0.1, -0.05) is 42.5 Å². The minimum atomic E-state index is -0.0237. The van der Waals surface area contributed by atoms with Gasteiger partial charge < -0.3 is 9.47 Å². The number of rotatable bonds is 3. The normalized spacial score (nSPS) is 16.5. The van der Waals surface area contributed by atoms with Crippen LogP contribution >= 0.6 is 0 Å². The third-order valence-electron chi connectivity index (χ3n) is 4.32. The molecule has 1 aliphatic heterocycles. The minimum Gasteiger partial charge on any atom is -0.496 e. The largest absolute Gasteiger partial charge is 0.496 e. The van der Waals surface area contributed by atoms with Gasteiger partial charge in [0, 0.05) is 19.4 Å². The van der Waals surface area contributed by atoms with Gasteiger partial charge in [-0.25, -0.2) is 0 Å². The molecule has 2 aromatic rings. The van der Waals surface area contributed by atoms with Crippen molar-refractivity contribution < 1.29 is 14.0 Å². The topological polar surface area (TPSA) is 21.5 Å². The average molecular weight is 296 g/mol. The Hall–Kier alpha value is -2.29. The Bertz CT molecular complexity index is 717. The standard InChI is InChI=1S/C19H22NO2/c1-19(2)13-22-18(20(19)3)17-15(11-8-12-16(17)21-4)14-9-6-5-7-10-14/h5-12H,13H2,1-4H3/q+1. The van der Waals surface area contributed by atoms with Crippen LogP contribution in [0.3, 0.4) is 0 Å². The fourth-order valence-corrected chi connectivity index (χ4v) is 2.73. The van der Waals surface area contributed by atoms with E-state index in [0.717, 1.165) is 28.3 Å². The molecule has 0 unspecified atom stereocenters. The molecular weight excluding hydrogens is 274 g/mol. The Morgan fingerprint density at radius 3 is 2.36 bits per heavy atom. The second kappa shape index (κ2) is 5.48. The highest BCUT2D eigenvalue weighted by Crippen LogP contribution is 2.33. The molecule has 2 aromatic carbocycles. The molecule has 0 saturated heterocycles. The molecule has 3 nitrogen and oxygen atoms in total. The first-order valence-corrected chi connectivity index (χ1v) is 7.51. The third-order valence-corrected chi connectivity index (χ3v) is 4.32. The van der Waals surface area contributed by atoms with E-state index in [2.05, 4.69) is 43.7 Å². The van der Waals surface area contributed by atoms with Gasteiger partial charge in [0.25, 0.3) is 0 Å². The molecule has 0 fully saturated rings. The number of likely N-dealkylation sites (N-methyl/N-ethyl adjacent to an activating group) is 1. The van der Waals surface area contributed by atoms with Crippen LogP contribution in [0.1, 0.15) is 19.4 Å². The van der Waals surface area contributed by atoms with E-state index >= 15 is 0 Å². The van der Waals surface area contributed by atoms with Crippen LogP contribution in [-0.2, 0) is 4.74 Å². The van der Waals surface area contributed by atoms with Crippen molar-refractivity contribution in [3.8, 4) is 16.9 Å². The molecule has 0 saturated carbocycles. The molecule has 0 radical (unpaired) electrons. The molecule has 0 amide bonds. The number of hydrogen-bond donors (Lipinski definition) is 0. The van der Waals surface area contributed by atoms with Gasteiger partial charge in [-0.3, -0.25) is 0 Å². The van der Waals surface area contributed by atoms with Gasteiger partial charge in [0.1, 0.15) is 18.4 Å². The molecule has 114 valence electrons. The first kappa shape index (κ1) is 14.6. The van der Waals surface area contributed by atoms with Gasteiger partial charge in [-0.2, -0.15) is 4.58 Å². The number of ether oxygens (including phenoxy) is 2. The van der Waals surface area contributed by atoms with Crippen LogP contribution in [-0.4, -0.2) is 36.8 Å². The number of methoxy groups -OCH3 is 1. The van der Waals surface area contributed by atoms with Crippen LogP contribution in [0.5, 0.6) is 5.75 Å². The Kier molecular flexibility index (Phi) is 3.65. The van der Waals surface area contributed by atoms with Gasteiger partial charge in [-0.15, -0.1) is 0 Å². The monoisotopic (exact) mass is 296 g/mol. The number of benzene rings is 2. The van der Waals surface area contributed by atoms with Crippen LogP contribution in [0, 0.1) is 0 Å². The van der Waals surface area contributed by atoms with Crippen LogP contribution in [0.4, 0.5) is 0 Å². The van der Waals surface area contributed by atoms with E-state index in [0.29, 0.717) is 6.61 Å². The molecule has 0 spiro atoms. The Morgan fingerprint density at radius 1 is 1.05 bits per heavy atom. The Morgan fingerprint density at radius 2 is 1.77 bits per heavy atom. The highest BCUT2D eigenvalue weighted by molar-refractivity contribution is 6.01. The lowest BCUT2D eigenvalue weighted by Gasteiger charge is -2.12. The van der Waals surface area contributed by atoms with E-state index in [1.54, 1.807) is 7.11 Å². The van der Waals surface area contributed by atoms with Crippen LogP contribution < -0.4 is 4.74 Å². The smallest absolute Gasteiger partial charge is 0.374 e. The quantitative estimate of drug-likeness (QED) is 0.808. The summed E-state index contributed by atoms with van der Waals surface area (Å²) in [4.78, 5) is 0. The molecule has 0 N–H and O–H groups in total. The van der Waals surface area contributed by atoms with E-state index in [1.165, 1.54) is 0 Å². The van der Waals surface area contributed by atoms with Crippen molar-refractivity contribution in [1.82, 2.24) is 0 Å².